The van der Waals surface area contributed by atoms with Gasteiger partial charge in [-0.1, -0.05) is 18.2 Å². The molecule has 5 rings (SSSR count). The highest BCUT2D eigenvalue weighted by Crippen LogP contribution is 2.38. The zero-order valence-electron chi connectivity index (χ0n) is 19.5. The summed E-state index contributed by atoms with van der Waals surface area (Å²) in [7, 11) is 0. The number of alkyl halides is 2. The van der Waals surface area contributed by atoms with E-state index >= 15 is 0 Å². The highest BCUT2D eigenvalue weighted by atomic mass is 19.3. The molecule has 1 aromatic carbocycles. The van der Waals surface area contributed by atoms with Gasteiger partial charge in [-0.15, -0.1) is 0 Å². The molecule has 0 amide bonds. The summed E-state index contributed by atoms with van der Waals surface area (Å²) in [5.41, 5.74) is 1.31. The highest BCUT2D eigenvalue weighted by molar-refractivity contribution is 5.60. The lowest BCUT2D eigenvalue weighted by molar-refractivity contribution is -0.0527. The quantitative estimate of drug-likeness (QED) is 0.439. The predicted molar refractivity (Wildman–Crippen MR) is 127 cm³/mol. The Morgan fingerprint density at radius 3 is 2.46 bits per heavy atom. The van der Waals surface area contributed by atoms with Gasteiger partial charge in [-0.05, 0) is 39.2 Å². The van der Waals surface area contributed by atoms with Crippen molar-refractivity contribution in [2.24, 2.45) is 0 Å². The maximum Gasteiger partial charge on any atom is 0.387 e. The Morgan fingerprint density at radius 2 is 1.74 bits per heavy atom. The second kappa shape index (κ2) is 9.18. The van der Waals surface area contributed by atoms with Crippen molar-refractivity contribution in [1.82, 2.24) is 24.3 Å². The van der Waals surface area contributed by atoms with Crippen molar-refractivity contribution in [3.05, 3.63) is 66.0 Å². The standard InChI is InChI=1S/C25H26F2N6O2/c1-16-22(25(2,34)18-8-4-5-9-20(18)35-23(26)27)33-15-19(28-14-21(33)31-16)17-12-29-24(30-13-17)32-10-6-3-7-11-32/h4-5,8-9,12-15,23,34H,3,6-7,10-11H2,1-2H3. The van der Waals surface area contributed by atoms with E-state index in [1.54, 1.807) is 54.3 Å². The number of benzene rings is 1. The number of para-hydroxylation sites is 1. The number of aryl methyl sites for hydroxylation is 1. The van der Waals surface area contributed by atoms with Crippen LogP contribution in [0.2, 0.25) is 0 Å². The minimum Gasteiger partial charge on any atom is -0.434 e. The molecular formula is C25H26F2N6O2. The first-order valence-corrected chi connectivity index (χ1v) is 11.5. The Bertz CT molecular complexity index is 1330. The number of hydrogen-bond acceptors (Lipinski definition) is 7. The topological polar surface area (TPSA) is 88.7 Å². The Labute approximate surface area is 201 Å². The molecule has 4 heterocycles. The van der Waals surface area contributed by atoms with Crippen LogP contribution in [0.15, 0.2) is 49.1 Å². The molecule has 0 spiro atoms. The molecule has 0 aliphatic carbocycles. The smallest absolute Gasteiger partial charge is 0.387 e. The van der Waals surface area contributed by atoms with Crippen LogP contribution in [-0.4, -0.2) is 49.1 Å². The number of anilines is 1. The molecule has 8 nitrogen and oxygen atoms in total. The average Bonchev–Trinajstić information content (AvgIpc) is 3.20. The molecule has 1 saturated heterocycles. The molecule has 1 fully saturated rings. The summed E-state index contributed by atoms with van der Waals surface area (Å²) in [5.74, 6) is 0.602. The van der Waals surface area contributed by atoms with Gasteiger partial charge in [-0.3, -0.25) is 9.38 Å². The highest BCUT2D eigenvalue weighted by Gasteiger charge is 2.35. The zero-order chi connectivity index (χ0) is 24.6. The third kappa shape index (κ3) is 4.41. The van der Waals surface area contributed by atoms with Crippen molar-refractivity contribution >= 4 is 11.6 Å². The summed E-state index contributed by atoms with van der Waals surface area (Å²) in [6.07, 6.45) is 10.3. The summed E-state index contributed by atoms with van der Waals surface area (Å²) < 4.78 is 32.4. The fourth-order valence-electron chi connectivity index (χ4n) is 4.71. The summed E-state index contributed by atoms with van der Waals surface area (Å²) in [5, 5.41) is 11.6. The van der Waals surface area contributed by atoms with E-state index in [9.17, 15) is 13.9 Å². The lowest BCUT2D eigenvalue weighted by Gasteiger charge is -2.27. The van der Waals surface area contributed by atoms with Crippen molar-refractivity contribution in [3.63, 3.8) is 0 Å². The maximum atomic E-state index is 13.0. The van der Waals surface area contributed by atoms with Crippen molar-refractivity contribution < 1.29 is 18.6 Å². The molecule has 1 unspecified atom stereocenters. The van der Waals surface area contributed by atoms with Crippen LogP contribution in [0, 0.1) is 6.92 Å². The number of hydrogen-bond donors (Lipinski definition) is 1. The Kier molecular flexibility index (Phi) is 6.06. The lowest BCUT2D eigenvalue weighted by Crippen LogP contribution is -2.30. The number of fused-ring (bicyclic) bond motifs is 1. The molecule has 182 valence electrons. The Hall–Kier alpha value is -3.66. The summed E-state index contributed by atoms with van der Waals surface area (Å²) in [4.78, 5) is 20.3. The predicted octanol–water partition coefficient (Wildman–Crippen LogP) is 4.34. The normalized spacial score (nSPS) is 16.0. The van der Waals surface area contributed by atoms with Crippen LogP contribution in [0.25, 0.3) is 16.9 Å². The van der Waals surface area contributed by atoms with E-state index in [-0.39, 0.29) is 11.3 Å². The van der Waals surface area contributed by atoms with Gasteiger partial charge in [0.05, 0.1) is 23.3 Å². The molecule has 1 N–H and O–H groups in total. The lowest BCUT2D eigenvalue weighted by atomic mass is 9.90. The summed E-state index contributed by atoms with van der Waals surface area (Å²) >= 11 is 0. The van der Waals surface area contributed by atoms with Crippen LogP contribution < -0.4 is 9.64 Å². The van der Waals surface area contributed by atoms with Gasteiger partial charge >= 0.3 is 6.61 Å². The minimum absolute atomic E-state index is 0.0992. The number of aliphatic hydroxyl groups is 1. The van der Waals surface area contributed by atoms with Crippen molar-refractivity contribution in [3.8, 4) is 17.0 Å². The Morgan fingerprint density at radius 1 is 1.03 bits per heavy atom. The van der Waals surface area contributed by atoms with Gasteiger partial charge in [0.15, 0.2) is 5.65 Å². The molecule has 1 aliphatic rings. The first kappa shape index (κ1) is 23.1. The van der Waals surface area contributed by atoms with E-state index in [1.165, 1.54) is 19.4 Å². The van der Waals surface area contributed by atoms with Crippen molar-refractivity contribution in [2.75, 3.05) is 18.0 Å². The van der Waals surface area contributed by atoms with Gasteiger partial charge in [0.2, 0.25) is 5.95 Å². The van der Waals surface area contributed by atoms with E-state index in [0.29, 0.717) is 34.2 Å². The average molecular weight is 481 g/mol. The monoisotopic (exact) mass is 480 g/mol. The summed E-state index contributed by atoms with van der Waals surface area (Å²) in [6.45, 7) is 2.18. The molecule has 35 heavy (non-hydrogen) atoms. The molecule has 1 atom stereocenters. The van der Waals surface area contributed by atoms with Crippen LogP contribution in [0.4, 0.5) is 14.7 Å². The first-order chi connectivity index (χ1) is 16.8. The van der Waals surface area contributed by atoms with Crippen LogP contribution in [-0.2, 0) is 5.60 Å². The van der Waals surface area contributed by atoms with Gasteiger partial charge in [-0.2, -0.15) is 8.78 Å². The molecular weight excluding hydrogens is 454 g/mol. The molecule has 10 heteroatoms. The van der Waals surface area contributed by atoms with Gasteiger partial charge in [0.25, 0.3) is 0 Å². The second-order valence-electron chi connectivity index (χ2n) is 8.81. The van der Waals surface area contributed by atoms with Crippen LogP contribution in [0.1, 0.15) is 43.1 Å². The third-order valence-electron chi connectivity index (χ3n) is 6.34. The molecule has 1 aliphatic heterocycles. The Balaban J connectivity index is 1.54. The zero-order valence-corrected chi connectivity index (χ0v) is 19.5. The molecule has 0 bridgehead atoms. The third-order valence-corrected chi connectivity index (χ3v) is 6.34. The second-order valence-corrected chi connectivity index (χ2v) is 8.81. The number of aromatic nitrogens is 5. The van der Waals surface area contributed by atoms with Gasteiger partial charge in [0, 0.05) is 42.8 Å². The minimum atomic E-state index is -3.01. The number of imidazole rings is 1. The molecule has 0 radical (unpaired) electrons. The fourth-order valence-corrected chi connectivity index (χ4v) is 4.71. The van der Waals surface area contributed by atoms with Crippen LogP contribution in [0.3, 0.4) is 0 Å². The maximum absolute atomic E-state index is 13.0. The number of nitrogens with zero attached hydrogens (tertiary/aromatic N) is 6. The molecule has 3 aromatic heterocycles. The van der Waals surface area contributed by atoms with E-state index in [0.717, 1.165) is 25.9 Å². The first-order valence-electron chi connectivity index (χ1n) is 11.5. The summed E-state index contributed by atoms with van der Waals surface area (Å²) in [6, 6.07) is 6.21. The fraction of sp³-hybridized carbons (Fsp3) is 0.360. The van der Waals surface area contributed by atoms with Gasteiger partial charge in [-0.25, -0.2) is 15.0 Å². The number of ether oxygens (including phenoxy) is 1. The number of rotatable bonds is 6. The van der Waals surface area contributed by atoms with Crippen LogP contribution in [0.5, 0.6) is 5.75 Å². The van der Waals surface area contributed by atoms with Crippen molar-refractivity contribution in [2.45, 2.75) is 45.3 Å². The van der Waals surface area contributed by atoms with Crippen molar-refractivity contribution in [1.29, 1.82) is 0 Å². The van der Waals surface area contributed by atoms with Crippen LogP contribution >= 0.6 is 0 Å². The molecule has 0 saturated carbocycles. The van der Waals surface area contributed by atoms with E-state index < -0.39 is 12.2 Å². The van der Waals surface area contributed by atoms with Gasteiger partial charge < -0.3 is 14.7 Å². The SMILES string of the molecule is Cc1nc2cnc(-c3cnc(N4CCCCC4)nc3)cn2c1C(C)(O)c1ccccc1OC(F)F. The van der Waals surface area contributed by atoms with E-state index in [2.05, 4.69) is 29.6 Å². The number of piperidine rings is 1. The molecule has 4 aromatic rings. The van der Waals surface area contributed by atoms with Gasteiger partial charge in [0.1, 0.15) is 11.4 Å². The largest absolute Gasteiger partial charge is 0.434 e. The van der Waals surface area contributed by atoms with E-state index in [1.807, 2.05) is 0 Å². The van der Waals surface area contributed by atoms with E-state index in [4.69, 9.17) is 0 Å². The number of halogens is 2.